The summed E-state index contributed by atoms with van der Waals surface area (Å²) in [6.45, 7) is 4.07. The number of hydrogen-bond donors (Lipinski definition) is 1. The van der Waals surface area contributed by atoms with E-state index < -0.39 is 0 Å². The Balaban J connectivity index is 2.15. The first kappa shape index (κ1) is 12.5. The minimum absolute atomic E-state index is 0.0439. The second-order valence-electron chi connectivity index (χ2n) is 4.93. The predicted molar refractivity (Wildman–Crippen MR) is 81.3 cm³/mol. The van der Waals surface area contributed by atoms with Crippen LogP contribution in [0.15, 0.2) is 59.4 Å². The smallest absolute Gasteiger partial charge is 0.271 e. The third-order valence-electron chi connectivity index (χ3n) is 3.62. The van der Waals surface area contributed by atoms with Crippen LogP contribution in [0.3, 0.4) is 0 Å². The topological polar surface area (TPSA) is 37.8 Å². The quantitative estimate of drug-likeness (QED) is 0.756. The zero-order valence-electron chi connectivity index (χ0n) is 11.6. The van der Waals surface area contributed by atoms with Gasteiger partial charge in [-0.2, -0.15) is 0 Å². The van der Waals surface area contributed by atoms with E-state index in [9.17, 15) is 4.79 Å². The zero-order chi connectivity index (χ0) is 14.1. The van der Waals surface area contributed by atoms with E-state index >= 15 is 0 Å². The van der Waals surface area contributed by atoms with E-state index in [2.05, 4.69) is 5.10 Å². The van der Waals surface area contributed by atoms with Crippen molar-refractivity contribution in [2.24, 2.45) is 0 Å². The molecule has 0 aliphatic carbocycles. The van der Waals surface area contributed by atoms with Gasteiger partial charge in [-0.1, -0.05) is 42.5 Å². The SMILES string of the molecule is Cc1cccc(-n2[nH]c(-c3ccccc3)cc2=O)c1C. The average molecular weight is 264 g/mol. The lowest BCUT2D eigenvalue weighted by molar-refractivity contribution is 0.843. The van der Waals surface area contributed by atoms with Crippen molar-refractivity contribution in [2.75, 3.05) is 0 Å². The summed E-state index contributed by atoms with van der Waals surface area (Å²) in [5.41, 5.74) is 4.97. The van der Waals surface area contributed by atoms with Gasteiger partial charge in [0, 0.05) is 6.07 Å². The van der Waals surface area contributed by atoms with E-state index in [0.29, 0.717) is 0 Å². The Morgan fingerprint density at radius 1 is 0.950 bits per heavy atom. The second kappa shape index (κ2) is 4.85. The number of H-pyrrole nitrogens is 1. The fraction of sp³-hybridized carbons (Fsp3) is 0.118. The Kier molecular flexibility index (Phi) is 3.03. The highest BCUT2D eigenvalue weighted by atomic mass is 16.1. The van der Waals surface area contributed by atoms with Crippen molar-refractivity contribution in [1.82, 2.24) is 9.78 Å². The standard InChI is InChI=1S/C17H16N2O/c1-12-7-6-10-16(13(12)2)19-17(20)11-15(18-19)14-8-4-3-5-9-14/h3-11,18H,1-2H3. The number of aromatic nitrogens is 2. The number of rotatable bonds is 2. The first-order valence-corrected chi connectivity index (χ1v) is 6.61. The molecule has 1 N–H and O–H groups in total. The van der Waals surface area contributed by atoms with Crippen LogP contribution in [0.2, 0.25) is 0 Å². The molecule has 2 aromatic carbocycles. The Morgan fingerprint density at radius 3 is 2.45 bits per heavy atom. The highest BCUT2D eigenvalue weighted by Gasteiger charge is 2.09. The lowest BCUT2D eigenvalue weighted by Gasteiger charge is -2.08. The number of nitrogens with zero attached hydrogens (tertiary/aromatic N) is 1. The van der Waals surface area contributed by atoms with E-state index in [0.717, 1.165) is 22.5 Å². The van der Waals surface area contributed by atoms with Gasteiger partial charge in [-0.05, 0) is 36.6 Å². The summed E-state index contributed by atoms with van der Waals surface area (Å²) in [6.07, 6.45) is 0. The molecule has 0 bridgehead atoms. The predicted octanol–water partition coefficient (Wildman–Crippen LogP) is 3.45. The monoisotopic (exact) mass is 264 g/mol. The molecule has 1 heterocycles. The van der Waals surface area contributed by atoms with Crippen LogP contribution >= 0.6 is 0 Å². The molecule has 3 aromatic rings. The van der Waals surface area contributed by atoms with E-state index in [1.165, 1.54) is 5.56 Å². The molecular weight excluding hydrogens is 248 g/mol. The van der Waals surface area contributed by atoms with Crippen LogP contribution in [0.4, 0.5) is 0 Å². The molecule has 0 unspecified atom stereocenters. The molecule has 0 radical (unpaired) electrons. The Hall–Kier alpha value is -2.55. The summed E-state index contributed by atoms with van der Waals surface area (Å²) in [4.78, 5) is 12.2. The van der Waals surface area contributed by atoms with Gasteiger partial charge < -0.3 is 0 Å². The molecule has 3 heteroatoms. The summed E-state index contributed by atoms with van der Waals surface area (Å²) >= 11 is 0. The van der Waals surface area contributed by atoms with E-state index in [1.54, 1.807) is 10.7 Å². The Labute approximate surface area is 117 Å². The van der Waals surface area contributed by atoms with E-state index in [1.807, 2.05) is 62.4 Å². The van der Waals surface area contributed by atoms with Gasteiger partial charge in [0.2, 0.25) is 0 Å². The fourth-order valence-corrected chi connectivity index (χ4v) is 2.32. The molecule has 100 valence electrons. The summed E-state index contributed by atoms with van der Waals surface area (Å²) in [7, 11) is 0. The van der Waals surface area contributed by atoms with Gasteiger partial charge in [0.05, 0.1) is 11.4 Å². The van der Waals surface area contributed by atoms with Gasteiger partial charge in [-0.15, -0.1) is 0 Å². The van der Waals surface area contributed by atoms with Crippen LogP contribution in [0.5, 0.6) is 0 Å². The first-order chi connectivity index (χ1) is 9.66. The molecular formula is C17H16N2O. The lowest BCUT2D eigenvalue weighted by atomic mass is 10.1. The minimum Gasteiger partial charge on any atom is -0.290 e. The number of aryl methyl sites for hydroxylation is 1. The van der Waals surface area contributed by atoms with Crippen molar-refractivity contribution in [2.45, 2.75) is 13.8 Å². The number of benzene rings is 2. The zero-order valence-corrected chi connectivity index (χ0v) is 11.6. The number of aromatic amines is 1. The van der Waals surface area contributed by atoms with Crippen molar-refractivity contribution in [3.8, 4) is 16.9 Å². The van der Waals surface area contributed by atoms with Crippen molar-refractivity contribution in [3.05, 3.63) is 76.1 Å². The highest BCUT2D eigenvalue weighted by Crippen LogP contribution is 2.18. The number of nitrogens with one attached hydrogen (secondary N) is 1. The summed E-state index contributed by atoms with van der Waals surface area (Å²) < 4.78 is 1.60. The van der Waals surface area contributed by atoms with Gasteiger partial charge in [-0.25, -0.2) is 4.68 Å². The third kappa shape index (κ3) is 2.07. The Bertz CT molecular complexity index is 797. The molecule has 0 aliphatic rings. The van der Waals surface area contributed by atoms with Crippen LogP contribution in [-0.2, 0) is 0 Å². The van der Waals surface area contributed by atoms with Crippen molar-refractivity contribution >= 4 is 0 Å². The first-order valence-electron chi connectivity index (χ1n) is 6.61. The maximum atomic E-state index is 12.2. The maximum Gasteiger partial charge on any atom is 0.271 e. The van der Waals surface area contributed by atoms with Gasteiger partial charge in [-0.3, -0.25) is 9.89 Å². The molecule has 1 aromatic heterocycles. The molecule has 0 saturated heterocycles. The largest absolute Gasteiger partial charge is 0.290 e. The molecule has 0 fully saturated rings. The molecule has 0 saturated carbocycles. The van der Waals surface area contributed by atoms with Crippen LogP contribution < -0.4 is 5.56 Å². The van der Waals surface area contributed by atoms with Crippen molar-refractivity contribution in [3.63, 3.8) is 0 Å². The summed E-state index contributed by atoms with van der Waals surface area (Å²) in [5, 5.41) is 3.19. The minimum atomic E-state index is -0.0439. The van der Waals surface area contributed by atoms with Crippen LogP contribution in [-0.4, -0.2) is 9.78 Å². The molecule has 0 aliphatic heterocycles. The fourth-order valence-electron chi connectivity index (χ4n) is 2.32. The molecule has 0 atom stereocenters. The van der Waals surface area contributed by atoms with Crippen molar-refractivity contribution < 1.29 is 0 Å². The van der Waals surface area contributed by atoms with Crippen LogP contribution in [0.25, 0.3) is 16.9 Å². The molecule has 20 heavy (non-hydrogen) atoms. The Morgan fingerprint density at radius 2 is 1.70 bits per heavy atom. The number of hydrogen-bond acceptors (Lipinski definition) is 1. The third-order valence-corrected chi connectivity index (χ3v) is 3.62. The van der Waals surface area contributed by atoms with Crippen molar-refractivity contribution in [1.29, 1.82) is 0 Å². The van der Waals surface area contributed by atoms with Crippen LogP contribution in [0.1, 0.15) is 11.1 Å². The molecule has 0 spiro atoms. The normalized spacial score (nSPS) is 10.7. The van der Waals surface area contributed by atoms with Gasteiger partial charge in [0.25, 0.3) is 5.56 Å². The van der Waals surface area contributed by atoms with E-state index in [4.69, 9.17) is 0 Å². The summed E-state index contributed by atoms with van der Waals surface area (Å²) in [5.74, 6) is 0. The maximum absolute atomic E-state index is 12.2. The highest BCUT2D eigenvalue weighted by molar-refractivity contribution is 5.59. The molecule has 3 rings (SSSR count). The van der Waals surface area contributed by atoms with Crippen LogP contribution in [0, 0.1) is 13.8 Å². The average Bonchev–Trinajstić information content (AvgIpc) is 2.85. The molecule has 3 nitrogen and oxygen atoms in total. The van der Waals surface area contributed by atoms with Gasteiger partial charge >= 0.3 is 0 Å². The van der Waals surface area contributed by atoms with E-state index in [-0.39, 0.29) is 5.56 Å². The summed E-state index contributed by atoms with van der Waals surface area (Å²) in [6, 6.07) is 17.5. The molecule has 0 amide bonds. The van der Waals surface area contributed by atoms with Gasteiger partial charge in [0.15, 0.2) is 0 Å². The second-order valence-corrected chi connectivity index (χ2v) is 4.93. The lowest BCUT2D eigenvalue weighted by Crippen LogP contribution is -2.14. The van der Waals surface area contributed by atoms with Gasteiger partial charge in [0.1, 0.15) is 0 Å².